The lowest BCUT2D eigenvalue weighted by molar-refractivity contribution is -0.384. The highest BCUT2D eigenvalue weighted by atomic mass is 16.6. The van der Waals surface area contributed by atoms with Crippen LogP contribution in [-0.4, -0.2) is 17.8 Å². The Kier molecular flexibility index (Phi) is 4.33. The summed E-state index contributed by atoms with van der Waals surface area (Å²) in [4.78, 5) is 22.6. The monoisotopic (exact) mass is 285 g/mol. The van der Waals surface area contributed by atoms with Crippen molar-refractivity contribution in [1.29, 1.82) is 0 Å². The average Bonchev–Trinajstić information content (AvgIpc) is 2.48. The molecule has 0 fully saturated rings. The normalized spacial score (nSPS) is 10.2. The first-order valence-electron chi connectivity index (χ1n) is 6.42. The van der Waals surface area contributed by atoms with Gasteiger partial charge >= 0.3 is 0 Å². The third-order valence-corrected chi connectivity index (χ3v) is 3.26. The number of nitro groups is 1. The number of methoxy groups -OCH3 is 1. The fourth-order valence-electron chi connectivity index (χ4n) is 2.05. The van der Waals surface area contributed by atoms with E-state index in [0.717, 1.165) is 16.9 Å². The maximum atomic E-state index is 12.3. The van der Waals surface area contributed by atoms with Gasteiger partial charge in [0.2, 0.25) is 0 Å². The van der Waals surface area contributed by atoms with Crippen molar-refractivity contribution in [2.45, 2.75) is 13.3 Å². The molecule has 0 aliphatic carbocycles. The lowest BCUT2D eigenvalue weighted by Gasteiger charge is -2.06. The van der Waals surface area contributed by atoms with Crippen molar-refractivity contribution >= 4 is 11.5 Å². The molecular weight excluding hydrogens is 270 g/mol. The molecule has 0 aliphatic rings. The summed E-state index contributed by atoms with van der Waals surface area (Å²) in [6.45, 7) is 1.77. The maximum absolute atomic E-state index is 12.3. The van der Waals surface area contributed by atoms with E-state index < -0.39 is 4.92 Å². The van der Waals surface area contributed by atoms with Gasteiger partial charge < -0.3 is 4.74 Å². The van der Waals surface area contributed by atoms with Crippen LogP contribution in [0.3, 0.4) is 0 Å². The number of aryl methyl sites for hydroxylation is 1. The molecule has 0 unspecified atom stereocenters. The van der Waals surface area contributed by atoms with Crippen molar-refractivity contribution in [2.24, 2.45) is 0 Å². The molecule has 0 N–H and O–H groups in total. The zero-order valence-corrected chi connectivity index (χ0v) is 11.8. The van der Waals surface area contributed by atoms with Crippen molar-refractivity contribution in [2.75, 3.05) is 7.11 Å². The van der Waals surface area contributed by atoms with E-state index >= 15 is 0 Å². The summed E-state index contributed by atoms with van der Waals surface area (Å²) in [5.41, 5.74) is 1.89. The molecule has 108 valence electrons. The minimum absolute atomic E-state index is 0.0707. The first kappa shape index (κ1) is 14.7. The number of nitro benzene ring substituents is 1. The number of non-ortho nitro benzene ring substituents is 1. The van der Waals surface area contributed by atoms with E-state index in [9.17, 15) is 14.9 Å². The van der Waals surface area contributed by atoms with Gasteiger partial charge in [-0.3, -0.25) is 14.9 Å². The summed E-state index contributed by atoms with van der Waals surface area (Å²) in [7, 11) is 1.58. The van der Waals surface area contributed by atoms with E-state index in [2.05, 4.69) is 0 Å². The van der Waals surface area contributed by atoms with Gasteiger partial charge in [0.1, 0.15) is 5.75 Å². The van der Waals surface area contributed by atoms with Crippen LogP contribution in [0.5, 0.6) is 5.75 Å². The fourth-order valence-corrected chi connectivity index (χ4v) is 2.05. The summed E-state index contributed by atoms with van der Waals surface area (Å²) >= 11 is 0. The van der Waals surface area contributed by atoms with Crippen molar-refractivity contribution in [1.82, 2.24) is 0 Å². The van der Waals surface area contributed by atoms with Crippen molar-refractivity contribution in [3.05, 3.63) is 69.3 Å². The number of rotatable bonds is 5. The molecule has 0 atom stereocenters. The zero-order valence-electron chi connectivity index (χ0n) is 11.8. The molecule has 21 heavy (non-hydrogen) atoms. The van der Waals surface area contributed by atoms with E-state index in [1.165, 1.54) is 12.1 Å². The minimum Gasteiger partial charge on any atom is -0.497 e. The Morgan fingerprint density at radius 3 is 2.43 bits per heavy atom. The first-order chi connectivity index (χ1) is 10.0. The zero-order chi connectivity index (χ0) is 15.4. The summed E-state index contributed by atoms with van der Waals surface area (Å²) in [6, 6.07) is 11.5. The molecule has 0 aliphatic heterocycles. The van der Waals surface area contributed by atoms with Crippen LogP contribution in [0.4, 0.5) is 5.69 Å². The van der Waals surface area contributed by atoms with Gasteiger partial charge in [0, 0.05) is 24.1 Å². The van der Waals surface area contributed by atoms with Crippen LogP contribution in [0.2, 0.25) is 0 Å². The average molecular weight is 285 g/mol. The van der Waals surface area contributed by atoms with Crippen LogP contribution in [-0.2, 0) is 6.42 Å². The number of ether oxygens (including phenoxy) is 1. The predicted octanol–water partition coefficient (Wildman–Crippen LogP) is 3.34. The largest absolute Gasteiger partial charge is 0.497 e. The van der Waals surface area contributed by atoms with Gasteiger partial charge in [-0.2, -0.15) is 0 Å². The number of hydrogen-bond acceptors (Lipinski definition) is 4. The van der Waals surface area contributed by atoms with Gasteiger partial charge in [-0.05, 0) is 30.2 Å². The predicted molar refractivity (Wildman–Crippen MR) is 78.9 cm³/mol. The molecule has 2 rings (SSSR count). The molecule has 2 aromatic rings. The molecule has 0 amide bonds. The van der Waals surface area contributed by atoms with Crippen molar-refractivity contribution < 1.29 is 14.5 Å². The van der Waals surface area contributed by atoms with Crippen LogP contribution >= 0.6 is 0 Å². The second-order valence-corrected chi connectivity index (χ2v) is 4.70. The molecule has 0 spiro atoms. The summed E-state index contributed by atoms with van der Waals surface area (Å²) in [6.07, 6.45) is 0.200. The molecule has 5 heteroatoms. The standard InChI is InChI=1S/C16H15NO4/c1-11-3-6-13(17(19)20)10-15(11)16(18)9-12-4-7-14(21-2)8-5-12/h3-8,10H,9H2,1-2H3. The third-order valence-electron chi connectivity index (χ3n) is 3.26. The number of Topliss-reactive ketones (excluding diaryl/α,β-unsaturated/α-hetero) is 1. The number of carbonyl (C=O) groups excluding carboxylic acids is 1. The van der Waals surface area contributed by atoms with Gasteiger partial charge in [0.25, 0.3) is 5.69 Å². The van der Waals surface area contributed by atoms with Crippen molar-refractivity contribution in [3.63, 3.8) is 0 Å². The highest BCUT2D eigenvalue weighted by Crippen LogP contribution is 2.20. The quantitative estimate of drug-likeness (QED) is 0.480. The van der Waals surface area contributed by atoms with E-state index in [-0.39, 0.29) is 17.9 Å². The van der Waals surface area contributed by atoms with Crippen LogP contribution in [0.15, 0.2) is 42.5 Å². The second-order valence-electron chi connectivity index (χ2n) is 4.70. The molecule has 0 saturated heterocycles. The second kappa shape index (κ2) is 6.17. The number of ketones is 1. The molecule has 0 radical (unpaired) electrons. The Hall–Kier alpha value is -2.69. The van der Waals surface area contributed by atoms with E-state index in [1.54, 1.807) is 32.2 Å². The number of benzene rings is 2. The minimum atomic E-state index is -0.496. The summed E-state index contributed by atoms with van der Waals surface area (Å²) < 4.78 is 5.06. The Balaban J connectivity index is 2.23. The molecular formula is C16H15NO4. The fraction of sp³-hybridized carbons (Fsp3) is 0.188. The number of nitrogens with zero attached hydrogens (tertiary/aromatic N) is 1. The Morgan fingerprint density at radius 1 is 1.19 bits per heavy atom. The molecule has 5 nitrogen and oxygen atoms in total. The van der Waals surface area contributed by atoms with Gasteiger partial charge in [-0.25, -0.2) is 0 Å². The molecule has 0 heterocycles. The lowest BCUT2D eigenvalue weighted by atomic mass is 9.98. The smallest absolute Gasteiger partial charge is 0.270 e. The number of carbonyl (C=O) groups is 1. The van der Waals surface area contributed by atoms with E-state index in [4.69, 9.17) is 4.74 Å². The van der Waals surface area contributed by atoms with Crippen LogP contribution in [0.25, 0.3) is 0 Å². The van der Waals surface area contributed by atoms with Gasteiger partial charge in [0.05, 0.1) is 12.0 Å². The maximum Gasteiger partial charge on any atom is 0.270 e. The molecule has 0 aromatic heterocycles. The SMILES string of the molecule is COc1ccc(CC(=O)c2cc([N+](=O)[O-])ccc2C)cc1. The molecule has 0 bridgehead atoms. The lowest BCUT2D eigenvalue weighted by Crippen LogP contribution is -2.06. The van der Waals surface area contributed by atoms with Gasteiger partial charge in [0.15, 0.2) is 5.78 Å². The molecule has 2 aromatic carbocycles. The van der Waals surface area contributed by atoms with Crippen LogP contribution in [0.1, 0.15) is 21.5 Å². The summed E-state index contributed by atoms with van der Waals surface area (Å²) in [5.74, 6) is 0.582. The molecule has 0 saturated carbocycles. The Bertz CT molecular complexity index is 677. The highest BCUT2D eigenvalue weighted by molar-refractivity contribution is 5.99. The first-order valence-corrected chi connectivity index (χ1v) is 6.42. The van der Waals surface area contributed by atoms with Gasteiger partial charge in [-0.15, -0.1) is 0 Å². The van der Waals surface area contributed by atoms with E-state index in [0.29, 0.717) is 5.56 Å². The topological polar surface area (TPSA) is 69.4 Å². The van der Waals surface area contributed by atoms with Crippen molar-refractivity contribution in [3.8, 4) is 5.75 Å². The highest BCUT2D eigenvalue weighted by Gasteiger charge is 2.15. The summed E-state index contributed by atoms with van der Waals surface area (Å²) in [5, 5.41) is 10.8. The van der Waals surface area contributed by atoms with Crippen LogP contribution < -0.4 is 4.74 Å². The third kappa shape index (κ3) is 3.45. The Morgan fingerprint density at radius 2 is 1.86 bits per heavy atom. The van der Waals surface area contributed by atoms with Gasteiger partial charge in [-0.1, -0.05) is 18.2 Å². The van der Waals surface area contributed by atoms with Crippen LogP contribution in [0, 0.1) is 17.0 Å². The Labute approximate surface area is 122 Å². The van der Waals surface area contributed by atoms with E-state index in [1.807, 2.05) is 12.1 Å². The number of hydrogen-bond donors (Lipinski definition) is 0.